The van der Waals surface area contributed by atoms with E-state index in [2.05, 4.69) is 10.6 Å². The first-order valence-electron chi connectivity index (χ1n) is 7.85. The summed E-state index contributed by atoms with van der Waals surface area (Å²) < 4.78 is 11.4. The maximum Gasteiger partial charge on any atom is 0.298 e. The van der Waals surface area contributed by atoms with Crippen molar-refractivity contribution < 1.29 is 23.8 Å². The standard InChI is InChI=1S/C18H17N3O4S/c1-12(16(22)19-14-10-6-7-11-15(14)24-2)26-17-18(23)25-20-21(17)13-8-4-3-5-9-13/h3-12H,1-2H3,(H-,19,20,22,23). The molecule has 1 aromatic heterocycles. The molecule has 0 aliphatic carbocycles. The third-order valence-electron chi connectivity index (χ3n) is 3.60. The summed E-state index contributed by atoms with van der Waals surface area (Å²) in [6.45, 7) is 1.71. The van der Waals surface area contributed by atoms with Gasteiger partial charge in [-0.2, -0.15) is 0 Å². The summed E-state index contributed by atoms with van der Waals surface area (Å²) >= 11 is 1.08. The molecule has 1 amide bonds. The molecule has 2 aromatic carbocycles. The number of carbonyl (C=O) groups excluding carboxylic acids is 1. The third kappa shape index (κ3) is 3.80. The predicted molar refractivity (Wildman–Crippen MR) is 94.4 cm³/mol. The SMILES string of the molecule is COc1ccccc1NC(=O)C(C)Sc1c([O-])on[n+]1-c1ccccc1. The number of para-hydroxylation sites is 3. The van der Waals surface area contributed by atoms with Gasteiger partial charge in [-0.05, 0) is 35.5 Å². The highest BCUT2D eigenvalue weighted by Gasteiger charge is 2.26. The lowest BCUT2D eigenvalue weighted by Crippen LogP contribution is -2.36. The average molecular weight is 371 g/mol. The number of nitrogens with zero attached hydrogens (tertiary/aromatic N) is 2. The van der Waals surface area contributed by atoms with Gasteiger partial charge in [0, 0.05) is 12.1 Å². The van der Waals surface area contributed by atoms with Gasteiger partial charge in [-0.3, -0.25) is 4.79 Å². The summed E-state index contributed by atoms with van der Waals surface area (Å²) in [6, 6.07) is 16.2. The van der Waals surface area contributed by atoms with Crippen LogP contribution in [0.25, 0.3) is 5.69 Å². The van der Waals surface area contributed by atoms with Crippen LogP contribution in [0.5, 0.6) is 11.7 Å². The monoisotopic (exact) mass is 371 g/mol. The zero-order valence-corrected chi connectivity index (χ0v) is 15.0. The first-order valence-corrected chi connectivity index (χ1v) is 8.73. The smallest absolute Gasteiger partial charge is 0.298 e. The van der Waals surface area contributed by atoms with Crippen molar-refractivity contribution >= 4 is 23.4 Å². The van der Waals surface area contributed by atoms with Crippen LogP contribution in [0.4, 0.5) is 5.69 Å². The van der Waals surface area contributed by atoms with Crippen LogP contribution < -0.4 is 19.8 Å². The van der Waals surface area contributed by atoms with Crippen LogP contribution in [0.1, 0.15) is 6.92 Å². The third-order valence-corrected chi connectivity index (χ3v) is 4.73. The van der Waals surface area contributed by atoms with Crippen LogP contribution in [-0.2, 0) is 4.79 Å². The Kier molecular flexibility index (Phi) is 5.43. The molecule has 0 radical (unpaired) electrons. The summed E-state index contributed by atoms with van der Waals surface area (Å²) in [6.07, 6.45) is 0. The molecule has 0 fully saturated rings. The fraction of sp³-hybridized carbons (Fsp3) is 0.167. The van der Waals surface area contributed by atoms with E-state index in [1.54, 1.807) is 37.3 Å². The first-order chi connectivity index (χ1) is 12.6. The number of rotatable bonds is 6. The van der Waals surface area contributed by atoms with Gasteiger partial charge >= 0.3 is 0 Å². The molecule has 3 rings (SSSR count). The van der Waals surface area contributed by atoms with Gasteiger partial charge in [-0.25, -0.2) is 0 Å². The number of hydrogen-bond donors (Lipinski definition) is 1. The maximum absolute atomic E-state index is 12.5. The molecule has 1 unspecified atom stereocenters. The van der Waals surface area contributed by atoms with Crippen LogP contribution >= 0.6 is 11.8 Å². The zero-order valence-electron chi connectivity index (χ0n) is 14.2. The van der Waals surface area contributed by atoms with Gasteiger partial charge in [-0.1, -0.05) is 30.3 Å². The van der Waals surface area contributed by atoms with E-state index in [1.165, 1.54) is 11.8 Å². The van der Waals surface area contributed by atoms with Crippen LogP contribution in [-0.4, -0.2) is 23.5 Å². The van der Waals surface area contributed by atoms with Crippen molar-refractivity contribution in [3.8, 4) is 17.4 Å². The molecule has 0 saturated heterocycles. The van der Waals surface area contributed by atoms with Gasteiger partial charge in [0.05, 0.1) is 23.3 Å². The Morgan fingerprint density at radius 1 is 1.23 bits per heavy atom. The number of anilines is 1. The van der Waals surface area contributed by atoms with Gasteiger partial charge in [0.2, 0.25) is 11.6 Å². The Morgan fingerprint density at radius 2 is 1.92 bits per heavy atom. The number of benzene rings is 2. The Balaban J connectivity index is 1.77. The summed E-state index contributed by atoms with van der Waals surface area (Å²) in [7, 11) is 1.53. The number of hydrogen-bond acceptors (Lipinski definition) is 6. The van der Waals surface area contributed by atoms with Crippen LogP contribution in [0.15, 0.2) is 64.1 Å². The Morgan fingerprint density at radius 3 is 2.65 bits per heavy atom. The predicted octanol–water partition coefficient (Wildman–Crippen LogP) is 2.15. The van der Waals surface area contributed by atoms with Crippen molar-refractivity contribution in [2.45, 2.75) is 17.2 Å². The number of nitrogens with one attached hydrogen (secondary N) is 1. The van der Waals surface area contributed by atoms with Gasteiger partial charge < -0.3 is 19.7 Å². The van der Waals surface area contributed by atoms with Gasteiger partial charge in [0.15, 0.2) is 5.95 Å². The zero-order chi connectivity index (χ0) is 18.5. The molecule has 1 heterocycles. The molecule has 134 valence electrons. The minimum absolute atomic E-state index is 0.235. The van der Waals surface area contributed by atoms with Crippen molar-refractivity contribution in [1.29, 1.82) is 0 Å². The van der Waals surface area contributed by atoms with Crippen molar-refractivity contribution in [2.24, 2.45) is 0 Å². The van der Waals surface area contributed by atoms with E-state index in [4.69, 9.17) is 9.26 Å². The minimum Gasteiger partial charge on any atom is -0.538 e. The Labute approximate surface area is 154 Å². The van der Waals surface area contributed by atoms with Crippen LogP contribution in [0.2, 0.25) is 0 Å². The van der Waals surface area contributed by atoms with E-state index in [9.17, 15) is 9.90 Å². The summed E-state index contributed by atoms with van der Waals surface area (Å²) in [5.41, 5.74) is 1.24. The van der Waals surface area contributed by atoms with E-state index in [-0.39, 0.29) is 10.9 Å². The molecule has 1 atom stereocenters. The fourth-order valence-corrected chi connectivity index (χ4v) is 3.15. The summed E-state index contributed by atoms with van der Waals surface area (Å²) in [4.78, 5) is 12.5. The molecule has 8 heteroatoms. The number of aromatic nitrogens is 2. The number of amides is 1. The van der Waals surface area contributed by atoms with E-state index < -0.39 is 11.2 Å². The molecule has 0 aliphatic heterocycles. The highest BCUT2D eigenvalue weighted by molar-refractivity contribution is 8.00. The normalized spacial score (nSPS) is 11.8. The number of methoxy groups -OCH3 is 1. The number of thioether (sulfide) groups is 1. The van der Waals surface area contributed by atoms with E-state index in [0.29, 0.717) is 17.1 Å². The molecule has 26 heavy (non-hydrogen) atoms. The highest BCUT2D eigenvalue weighted by Crippen LogP contribution is 2.29. The highest BCUT2D eigenvalue weighted by atomic mass is 32.2. The van der Waals surface area contributed by atoms with Gasteiger partial charge in [-0.15, -0.1) is 0 Å². The first kappa shape index (κ1) is 17.8. The largest absolute Gasteiger partial charge is 0.538 e. The summed E-state index contributed by atoms with van der Waals surface area (Å²) in [5, 5.41) is 18.3. The lowest BCUT2D eigenvalue weighted by molar-refractivity contribution is -0.705. The molecule has 0 spiro atoms. The Hall–Kier alpha value is -3.00. The lowest BCUT2D eigenvalue weighted by Gasteiger charge is -2.12. The minimum atomic E-state index is -0.587. The fourth-order valence-electron chi connectivity index (χ4n) is 2.28. The van der Waals surface area contributed by atoms with E-state index in [0.717, 1.165) is 11.8 Å². The molecule has 1 N–H and O–H groups in total. The lowest BCUT2D eigenvalue weighted by atomic mass is 10.3. The summed E-state index contributed by atoms with van der Waals surface area (Å²) in [5.74, 6) is -0.289. The number of carbonyl (C=O) groups is 1. The van der Waals surface area contributed by atoms with Crippen molar-refractivity contribution in [3.05, 3.63) is 54.6 Å². The maximum atomic E-state index is 12.5. The van der Waals surface area contributed by atoms with Crippen molar-refractivity contribution in [3.63, 3.8) is 0 Å². The second kappa shape index (κ2) is 7.92. The quantitative estimate of drug-likeness (QED) is 0.527. The number of ether oxygens (including phenoxy) is 1. The molecule has 0 aliphatic rings. The van der Waals surface area contributed by atoms with Gasteiger partial charge in [0.25, 0.3) is 5.03 Å². The molecular weight excluding hydrogens is 354 g/mol. The molecule has 7 nitrogen and oxygen atoms in total. The van der Waals surface area contributed by atoms with Crippen LogP contribution in [0, 0.1) is 0 Å². The average Bonchev–Trinajstić information content (AvgIpc) is 3.03. The van der Waals surface area contributed by atoms with Crippen molar-refractivity contribution in [2.75, 3.05) is 12.4 Å². The second-order valence-electron chi connectivity index (χ2n) is 5.36. The van der Waals surface area contributed by atoms with Gasteiger partial charge in [0.1, 0.15) is 5.75 Å². The second-order valence-corrected chi connectivity index (χ2v) is 6.69. The topological polar surface area (TPSA) is 91.3 Å². The van der Waals surface area contributed by atoms with Crippen LogP contribution in [0.3, 0.4) is 0 Å². The molecule has 3 aromatic rings. The van der Waals surface area contributed by atoms with Crippen molar-refractivity contribution in [1.82, 2.24) is 5.27 Å². The van der Waals surface area contributed by atoms with E-state index in [1.807, 2.05) is 24.3 Å². The Bertz CT molecular complexity index is 898. The molecule has 0 bridgehead atoms. The molecule has 0 saturated carbocycles. The molecular formula is C18H17N3O4S. The van der Waals surface area contributed by atoms with E-state index >= 15 is 0 Å².